The molecule has 4 heteroatoms. The number of amides is 1. The van der Waals surface area contributed by atoms with E-state index in [1.807, 2.05) is 25.7 Å². The van der Waals surface area contributed by atoms with Crippen molar-refractivity contribution < 1.29 is 9.53 Å². The second kappa shape index (κ2) is 8.54. The van der Waals surface area contributed by atoms with Gasteiger partial charge in [0.1, 0.15) is 0 Å². The predicted molar refractivity (Wildman–Crippen MR) is 77.9 cm³/mol. The van der Waals surface area contributed by atoms with E-state index >= 15 is 0 Å². The van der Waals surface area contributed by atoms with Crippen LogP contribution in [0.1, 0.15) is 52.9 Å². The molecule has 0 aliphatic carbocycles. The van der Waals surface area contributed by atoms with Crippen LogP contribution >= 0.6 is 0 Å². The lowest BCUT2D eigenvalue weighted by atomic mass is 9.99. The zero-order chi connectivity index (χ0) is 14.3. The largest absolute Gasteiger partial charge is 0.378 e. The van der Waals surface area contributed by atoms with Crippen LogP contribution in [0.15, 0.2) is 0 Å². The van der Waals surface area contributed by atoms with Gasteiger partial charge in [0, 0.05) is 31.7 Å². The molecule has 4 nitrogen and oxygen atoms in total. The van der Waals surface area contributed by atoms with Crippen molar-refractivity contribution >= 4 is 5.91 Å². The number of piperidine rings is 1. The number of carbonyl (C=O) groups is 1. The van der Waals surface area contributed by atoms with E-state index in [1.165, 1.54) is 0 Å². The molecular weight excluding hydrogens is 240 g/mol. The van der Waals surface area contributed by atoms with Crippen LogP contribution in [0.3, 0.4) is 0 Å². The van der Waals surface area contributed by atoms with Gasteiger partial charge in [0.25, 0.3) is 0 Å². The van der Waals surface area contributed by atoms with Crippen molar-refractivity contribution in [2.75, 3.05) is 19.7 Å². The molecule has 1 saturated heterocycles. The Balaban J connectivity index is 2.26. The smallest absolute Gasteiger partial charge is 0.225 e. The topological polar surface area (TPSA) is 55.6 Å². The maximum atomic E-state index is 12.3. The fourth-order valence-corrected chi connectivity index (χ4v) is 2.66. The second-order valence-electron chi connectivity index (χ2n) is 5.79. The average Bonchev–Trinajstić information content (AvgIpc) is 2.38. The number of likely N-dealkylation sites (tertiary alicyclic amines) is 1. The van der Waals surface area contributed by atoms with Crippen molar-refractivity contribution in [1.82, 2.24) is 4.90 Å². The lowest BCUT2D eigenvalue weighted by Crippen LogP contribution is -2.43. The highest BCUT2D eigenvalue weighted by Crippen LogP contribution is 2.18. The summed E-state index contributed by atoms with van der Waals surface area (Å²) in [6.07, 6.45) is 5.30. The Morgan fingerprint density at radius 2 is 1.95 bits per heavy atom. The van der Waals surface area contributed by atoms with E-state index in [4.69, 9.17) is 10.5 Å². The van der Waals surface area contributed by atoms with Gasteiger partial charge in [0.2, 0.25) is 5.91 Å². The number of hydrogen-bond acceptors (Lipinski definition) is 3. The minimum Gasteiger partial charge on any atom is -0.378 e. The monoisotopic (exact) mass is 270 g/mol. The molecule has 0 aromatic carbocycles. The van der Waals surface area contributed by atoms with Gasteiger partial charge in [-0.15, -0.1) is 0 Å². The Morgan fingerprint density at radius 1 is 1.32 bits per heavy atom. The van der Waals surface area contributed by atoms with Gasteiger partial charge < -0.3 is 15.4 Å². The van der Waals surface area contributed by atoms with Gasteiger partial charge in [-0.25, -0.2) is 0 Å². The van der Waals surface area contributed by atoms with Crippen molar-refractivity contribution in [3.63, 3.8) is 0 Å². The Labute approximate surface area is 117 Å². The summed E-state index contributed by atoms with van der Waals surface area (Å²) in [6, 6.07) is 0.240. The molecule has 0 aromatic heterocycles. The van der Waals surface area contributed by atoms with Crippen LogP contribution in [-0.4, -0.2) is 42.6 Å². The third-order valence-corrected chi connectivity index (χ3v) is 3.87. The molecule has 2 atom stereocenters. The minimum atomic E-state index is 0.127. The van der Waals surface area contributed by atoms with Crippen molar-refractivity contribution in [3.8, 4) is 0 Å². The SMILES string of the molecule is CCOC1CCN(C(=O)C(C)CCCC(C)N)CC1. The van der Waals surface area contributed by atoms with Gasteiger partial charge in [-0.3, -0.25) is 4.79 Å². The Bertz CT molecular complexity index is 261. The summed E-state index contributed by atoms with van der Waals surface area (Å²) in [7, 11) is 0. The molecule has 0 aromatic rings. The summed E-state index contributed by atoms with van der Waals surface area (Å²) in [4.78, 5) is 14.3. The lowest BCUT2D eigenvalue weighted by Gasteiger charge is -2.33. The van der Waals surface area contributed by atoms with Gasteiger partial charge >= 0.3 is 0 Å². The van der Waals surface area contributed by atoms with E-state index < -0.39 is 0 Å². The summed E-state index contributed by atoms with van der Waals surface area (Å²) in [5, 5.41) is 0. The first-order valence-electron chi connectivity index (χ1n) is 7.70. The van der Waals surface area contributed by atoms with Crippen LogP contribution in [0.25, 0.3) is 0 Å². The third kappa shape index (κ3) is 5.91. The minimum absolute atomic E-state index is 0.127. The van der Waals surface area contributed by atoms with Crippen LogP contribution in [0, 0.1) is 5.92 Å². The number of rotatable bonds is 7. The summed E-state index contributed by atoms with van der Waals surface area (Å²) >= 11 is 0. The van der Waals surface area contributed by atoms with E-state index in [9.17, 15) is 4.79 Å². The van der Waals surface area contributed by atoms with Gasteiger partial charge in [0.15, 0.2) is 0 Å². The Kier molecular flexibility index (Phi) is 7.39. The van der Waals surface area contributed by atoms with E-state index in [0.29, 0.717) is 12.0 Å². The molecule has 1 rings (SSSR count). The molecule has 0 bridgehead atoms. The van der Waals surface area contributed by atoms with Crippen molar-refractivity contribution in [2.24, 2.45) is 11.7 Å². The predicted octanol–water partition coefficient (Wildman–Crippen LogP) is 2.17. The Morgan fingerprint density at radius 3 is 2.47 bits per heavy atom. The van der Waals surface area contributed by atoms with Gasteiger partial charge in [-0.1, -0.05) is 13.3 Å². The number of hydrogen-bond donors (Lipinski definition) is 1. The molecule has 1 amide bonds. The third-order valence-electron chi connectivity index (χ3n) is 3.87. The number of nitrogens with zero attached hydrogens (tertiary/aromatic N) is 1. The summed E-state index contributed by atoms with van der Waals surface area (Å²) in [6.45, 7) is 8.55. The molecule has 0 saturated carbocycles. The molecule has 1 fully saturated rings. The van der Waals surface area contributed by atoms with Crippen molar-refractivity contribution in [3.05, 3.63) is 0 Å². The molecule has 1 heterocycles. The molecule has 1 aliphatic rings. The summed E-state index contributed by atoms with van der Waals surface area (Å²) in [5.41, 5.74) is 5.73. The van der Waals surface area contributed by atoms with E-state index in [0.717, 1.165) is 51.8 Å². The first-order valence-corrected chi connectivity index (χ1v) is 7.70. The fraction of sp³-hybridized carbons (Fsp3) is 0.933. The van der Waals surface area contributed by atoms with Crippen LogP contribution in [0.5, 0.6) is 0 Å². The molecular formula is C15H30N2O2. The van der Waals surface area contributed by atoms with Crippen LogP contribution < -0.4 is 5.73 Å². The normalized spacial score (nSPS) is 20.3. The van der Waals surface area contributed by atoms with E-state index in [-0.39, 0.29) is 12.0 Å². The zero-order valence-corrected chi connectivity index (χ0v) is 12.7. The zero-order valence-electron chi connectivity index (χ0n) is 12.7. The molecule has 2 N–H and O–H groups in total. The highest BCUT2D eigenvalue weighted by Gasteiger charge is 2.25. The molecule has 19 heavy (non-hydrogen) atoms. The van der Waals surface area contributed by atoms with Crippen LogP contribution in [-0.2, 0) is 9.53 Å². The van der Waals surface area contributed by atoms with Crippen molar-refractivity contribution in [1.29, 1.82) is 0 Å². The second-order valence-corrected chi connectivity index (χ2v) is 5.79. The first-order chi connectivity index (χ1) is 9.04. The Hall–Kier alpha value is -0.610. The molecule has 1 aliphatic heterocycles. The van der Waals surface area contributed by atoms with Gasteiger partial charge in [-0.05, 0) is 39.5 Å². The molecule has 0 radical (unpaired) electrons. The van der Waals surface area contributed by atoms with E-state index in [2.05, 4.69) is 0 Å². The number of ether oxygens (including phenoxy) is 1. The van der Waals surface area contributed by atoms with Gasteiger partial charge in [0.05, 0.1) is 6.10 Å². The fourth-order valence-electron chi connectivity index (χ4n) is 2.66. The lowest BCUT2D eigenvalue weighted by molar-refractivity contribution is -0.137. The standard InChI is InChI=1S/C15H30N2O2/c1-4-19-14-8-10-17(11-9-14)15(18)12(2)6-5-7-13(3)16/h12-14H,4-11,16H2,1-3H3. The van der Waals surface area contributed by atoms with Crippen LogP contribution in [0.4, 0.5) is 0 Å². The summed E-state index contributed by atoms with van der Waals surface area (Å²) in [5.74, 6) is 0.432. The average molecular weight is 270 g/mol. The first kappa shape index (κ1) is 16.4. The van der Waals surface area contributed by atoms with Crippen LogP contribution in [0.2, 0.25) is 0 Å². The number of carbonyl (C=O) groups excluding carboxylic acids is 1. The van der Waals surface area contributed by atoms with Gasteiger partial charge in [-0.2, -0.15) is 0 Å². The molecule has 0 spiro atoms. The highest BCUT2D eigenvalue weighted by atomic mass is 16.5. The highest BCUT2D eigenvalue weighted by molar-refractivity contribution is 5.78. The maximum Gasteiger partial charge on any atom is 0.225 e. The van der Waals surface area contributed by atoms with E-state index in [1.54, 1.807) is 0 Å². The quantitative estimate of drug-likeness (QED) is 0.771. The maximum absolute atomic E-state index is 12.3. The number of nitrogens with two attached hydrogens (primary N) is 1. The summed E-state index contributed by atoms with van der Waals surface area (Å²) < 4.78 is 5.61. The molecule has 2 unspecified atom stereocenters. The molecule has 112 valence electrons. The van der Waals surface area contributed by atoms with Crippen molar-refractivity contribution in [2.45, 2.75) is 65.0 Å².